The number of halogens is 2. The van der Waals surface area contributed by atoms with Crippen LogP contribution in [0.1, 0.15) is 6.92 Å². The highest BCUT2D eigenvalue weighted by Crippen LogP contribution is 2.21. The minimum atomic E-state index is -0.312. The molecule has 0 saturated carbocycles. The van der Waals surface area contributed by atoms with Crippen LogP contribution < -0.4 is 4.74 Å². The quantitative estimate of drug-likeness (QED) is 0.904. The zero-order valence-electron chi connectivity index (χ0n) is 7.84. The Kier molecular flexibility index (Phi) is 4.35. The zero-order chi connectivity index (χ0) is 10.6. The fourth-order valence-corrected chi connectivity index (χ4v) is 1.22. The van der Waals surface area contributed by atoms with Crippen molar-refractivity contribution in [2.24, 2.45) is 5.92 Å². The summed E-state index contributed by atoms with van der Waals surface area (Å²) >= 11 is 3.07. The lowest BCUT2D eigenvalue weighted by Gasteiger charge is -2.10. The van der Waals surface area contributed by atoms with Gasteiger partial charge in [-0.3, -0.25) is 0 Å². The second-order valence-electron chi connectivity index (χ2n) is 3.17. The van der Waals surface area contributed by atoms with Crippen LogP contribution >= 0.6 is 15.9 Å². The minimum absolute atomic E-state index is 0.0822. The van der Waals surface area contributed by atoms with E-state index in [4.69, 9.17) is 9.84 Å². The first-order valence-electron chi connectivity index (χ1n) is 4.32. The molecule has 0 bridgehead atoms. The molecule has 0 aliphatic rings. The van der Waals surface area contributed by atoms with Crippen molar-refractivity contribution in [1.82, 2.24) is 0 Å². The molecule has 0 amide bonds. The molecule has 1 aromatic rings. The molecule has 2 nitrogen and oxygen atoms in total. The highest BCUT2D eigenvalue weighted by atomic mass is 79.9. The van der Waals surface area contributed by atoms with Crippen LogP contribution in [0.3, 0.4) is 0 Å². The van der Waals surface area contributed by atoms with Gasteiger partial charge in [-0.2, -0.15) is 0 Å². The molecule has 1 N–H and O–H groups in total. The van der Waals surface area contributed by atoms with Crippen LogP contribution in [-0.2, 0) is 0 Å². The monoisotopic (exact) mass is 262 g/mol. The number of aliphatic hydroxyl groups excluding tert-OH is 1. The van der Waals surface area contributed by atoms with Crippen molar-refractivity contribution >= 4 is 15.9 Å². The van der Waals surface area contributed by atoms with E-state index in [1.54, 1.807) is 12.1 Å². The smallest absolute Gasteiger partial charge is 0.137 e. The van der Waals surface area contributed by atoms with Gasteiger partial charge in [-0.15, -0.1) is 0 Å². The van der Waals surface area contributed by atoms with Crippen molar-refractivity contribution in [3.63, 3.8) is 0 Å². The Bertz CT molecular complexity index is 304. The first kappa shape index (κ1) is 11.5. The van der Waals surface area contributed by atoms with Crippen molar-refractivity contribution in [3.8, 4) is 5.75 Å². The molecule has 0 aliphatic heterocycles. The van der Waals surface area contributed by atoms with Gasteiger partial charge in [0.05, 0.1) is 11.1 Å². The van der Waals surface area contributed by atoms with Crippen molar-refractivity contribution in [3.05, 3.63) is 28.5 Å². The Hall–Kier alpha value is -0.610. The molecular formula is C10H12BrFO2. The fraction of sp³-hybridized carbons (Fsp3) is 0.400. The van der Waals surface area contributed by atoms with Crippen molar-refractivity contribution < 1.29 is 14.2 Å². The van der Waals surface area contributed by atoms with Gasteiger partial charge in [0.1, 0.15) is 11.6 Å². The lowest BCUT2D eigenvalue weighted by molar-refractivity contribution is 0.174. The highest BCUT2D eigenvalue weighted by Gasteiger charge is 2.03. The molecule has 0 aromatic heterocycles. The first-order valence-corrected chi connectivity index (χ1v) is 5.11. The summed E-state index contributed by atoms with van der Waals surface area (Å²) < 4.78 is 18.5. The summed E-state index contributed by atoms with van der Waals surface area (Å²) in [6.45, 7) is 2.38. The van der Waals surface area contributed by atoms with Gasteiger partial charge in [-0.1, -0.05) is 6.92 Å². The van der Waals surface area contributed by atoms with Crippen molar-refractivity contribution in [2.45, 2.75) is 6.92 Å². The molecule has 14 heavy (non-hydrogen) atoms. The van der Waals surface area contributed by atoms with E-state index in [0.29, 0.717) is 16.8 Å². The van der Waals surface area contributed by atoms with Crippen LogP contribution in [0.5, 0.6) is 5.75 Å². The van der Waals surface area contributed by atoms with Gasteiger partial charge in [0.25, 0.3) is 0 Å². The number of hydrogen-bond donors (Lipinski definition) is 1. The third-order valence-electron chi connectivity index (χ3n) is 1.74. The van der Waals surface area contributed by atoms with E-state index in [9.17, 15) is 4.39 Å². The lowest BCUT2D eigenvalue weighted by atomic mass is 10.2. The molecule has 0 aliphatic carbocycles. The molecule has 1 unspecified atom stereocenters. The van der Waals surface area contributed by atoms with Crippen molar-refractivity contribution in [1.29, 1.82) is 0 Å². The van der Waals surface area contributed by atoms with Gasteiger partial charge >= 0.3 is 0 Å². The van der Waals surface area contributed by atoms with Crippen LogP contribution in [0.25, 0.3) is 0 Å². The van der Waals surface area contributed by atoms with Crippen LogP contribution in [0.15, 0.2) is 22.7 Å². The molecular weight excluding hydrogens is 251 g/mol. The molecule has 1 aromatic carbocycles. The van der Waals surface area contributed by atoms with Gasteiger partial charge in [0.2, 0.25) is 0 Å². The van der Waals surface area contributed by atoms with E-state index in [2.05, 4.69) is 15.9 Å². The Balaban J connectivity index is 2.55. The van der Waals surface area contributed by atoms with E-state index in [-0.39, 0.29) is 18.3 Å². The molecule has 1 rings (SSSR count). The summed E-state index contributed by atoms with van der Waals surface area (Å²) in [5.74, 6) is 0.366. The molecule has 0 spiro atoms. The second-order valence-corrected chi connectivity index (χ2v) is 4.03. The molecule has 1 atom stereocenters. The average molecular weight is 263 g/mol. The topological polar surface area (TPSA) is 29.5 Å². The predicted molar refractivity (Wildman–Crippen MR) is 55.8 cm³/mol. The third-order valence-corrected chi connectivity index (χ3v) is 2.34. The Morgan fingerprint density at radius 1 is 1.57 bits per heavy atom. The molecule has 0 fully saturated rings. The highest BCUT2D eigenvalue weighted by molar-refractivity contribution is 9.10. The lowest BCUT2D eigenvalue weighted by Crippen LogP contribution is -2.12. The molecule has 78 valence electrons. The van der Waals surface area contributed by atoms with Crippen LogP contribution in [-0.4, -0.2) is 18.3 Å². The standard InChI is InChI=1S/C10H12BrFO2/c1-7(5-13)6-14-8-2-3-10(12)9(11)4-8/h2-4,7,13H,5-6H2,1H3. The number of benzene rings is 1. The maximum atomic E-state index is 12.8. The molecule has 0 saturated heterocycles. The minimum Gasteiger partial charge on any atom is -0.493 e. The molecule has 0 radical (unpaired) electrons. The molecule has 4 heteroatoms. The zero-order valence-corrected chi connectivity index (χ0v) is 9.42. The maximum absolute atomic E-state index is 12.8. The third kappa shape index (κ3) is 3.27. The Morgan fingerprint density at radius 2 is 2.29 bits per heavy atom. The second kappa shape index (κ2) is 5.32. The van der Waals surface area contributed by atoms with Gasteiger partial charge in [0, 0.05) is 12.5 Å². The van der Waals surface area contributed by atoms with Crippen molar-refractivity contribution in [2.75, 3.05) is 13.2 Å². The average Bonchev–Trinajstić information content (AvgIpc) is 2.19. The Morgan fingerprint density at radius 3 is 2.86 bits per heavy atom. The largest absolute Gasteiger partial charge is 0.493 e. The van der Waals surface area contributed by atoms with E-state index in [1.165, 1.54) is 6.07 Å². The summed E-state index contributed by atoms with van der Waals surface area (Å²) in [7, 11) is 0. The normalized spacial score (nSPS) is 12.6. The number of ether oxygens (including phenoxy) is 1. The van der Waals surface area contributed by atoms with E-state index in [0.717, 1.165) is 0 Å². The van der Waals surface area contributed by atoms with Gasteiger partial charge < -0.3 is 9.84 Å². The summed E-state index contributed by atoms with van der Waals surface area (Å²) in [6, 6.07) is 4.46. The van der Waals surface area contributed by atoms with Gasteiger partial charge in [-0.25, -0.2) is 4.39 Å². The number of hydrogen-bond acceptors (Lipinski definition) is 2. The number of aliphatic hydroxyl groups is 1. The summed E-state index contributed by atoms with van der Waals surface area (Å²) in [5, 5.41) is 8.76. The van der Waals surface area contributed by atoms with E-state index < -0.39 is 0 Å². The SMILES string of the molecule is CC(CO)COc1ccc(F)c(Br)c1. The fourth-order valence-electron chi connectivity index (χ4n) is 0.858. The summed E-state index contributed by atoms with van der Waals surface area (Å²) in [6.07, 6.45) is 0. The Labute approximate surface area is 90.8 Å². The van der Waals surface area contributed by atoms with Crippen LogP contribution in [0, 0.1) is 11.7 Å². The van der Waals surface area contributed by atoms with Gasteiger partial charge in [-0.05, 0) is 34.1 Å². The maximum Gasteiger partial charge on any atom is 0.137 e. The summed E-state index contributed by atoms with van der Waals surface area (Å²) in [4.78, 5) is 0. The summed E-state index contributed by atoms with van der Waals surface area (Å²) in [5.41, 5.74) is 0. The molecule has 0 heterocycles. The van der Waals surface area contributed by atoms with E-state index >= 15 is 0 Å². The van der Waals surface area contributed by atoms with Crippen LogP contribution in [0.2, 0.25) is 0 Å². The number of rotatable bonds is 4. The van der Waals surface area contributed by atoms with E-state index in [1.807, 2.05) is 6.92 Å². The van der Waals surface area contributed by atoms with Gasteiger partial charge in [0.15, 0.2) is 0 Å². The van der Waals surface area contributed by atoms with Crippen LogP contribution in [0.4, 0.5) is 4.39 Å². The first-order chi connectivity index (χ1) is 6.63. The predicted octanol–water partition coefficient (Wildman–Crippen LogP) is 2.60.